The van der Waals surface area contributed by atoms with Crippen LogP contribution in [0.2, 0.25) is 0 Å². The maximum Gasteiger partial charge on any atom is 0.411 e. The minimum absolute atomic E-state index is 0.0381. The lowest BCUT2D eigenvalue weighted by molar-refractivity contribution is 0.0989. The highest BCUT2D eigenvalue weighted by molar-refractivity contribution is 6.08. The van der Waals surface area contributed by atoms with Gasteiger partial charge < -0.3 is 19.3 Å². The lowest BCUT2D eigenvalue weighted by Crippen LogP contribution is -2.43. The molecule has 1 spiro atoms. The molecule has 0 aromatic heterocycles. The fourth-order valence-electron chi connectivity index (χ4n) is 6.46. The highest BCUT2D eigenvalue weighted by Gasteiger charge is 2.44. The SMILES string of the molecule is CCOC(=O)Nc1ccc(-c2ccc(C(=O)N3CCc4cc5c(cc43)C3(CCN(CC)CC3)CO5)cc2C)cc1. The monoisotopic (exact) mass is 539 g/mol. The van der Waals surface area contributed by atoms with Gasteiger partial charge in [-0.25, -0.2) is 4.79 Å². The van der Waals surface area contributed by atoms with Crippen molar-refractivity contribution in [3.8, 4) is 16.9 Å². The van der Waals surface area contributed by atoms with Gasteiger partial charge in [0.15, 0.2) is 0 Å². The summed E-state index contributed by atoms with van der Waals surface area (Å²) >= 11 is 0. The summed E-state index contributed by atoms with van der Waals surface area (Å²) in [5, 5.41) is 2.72. The predicted octanol–water partition coefficient (Wildman–Crippen LogP) is 6.18. The summed E-state index contributed by atoms with van der Waals surface area (Å²) < 4.78 is 11.2. The summed E-state index contributed by atoms with van der Waals surface area (Å²) in [6, 6.07) is 18.0. The van der Waals surface area contributed by atoms with Crippen molar-refractivity contribution in [1.82, 2.24) is 4.90 Å². The third kappa shape index (κ3) is 4.73. The van der Waals surface area contributed by atoms with Crippen LogP contribution >= 0.6 is 0 Å². The number of benzene rings is 3. The smallest absolute Gasteiger partial charge is 0.411 e. The Morgan fingerprint density at radius 1 is 1.00 bits per heavy atom. The average molecular weight is 540 g/mol. The molecule has 6 rings (SSSR count). The van der Waals surface area contributed by atoms with E-state index in [4.69, 9.17) is 9.47 Å². The number of carbonyl (C=O) groups is 2. The van der Waals surface area contributed by atoms with Gasteiger partial charge in [0.05, 0.1) is 13.2 Å². The van der Waals surface area contributed by atoms with Crippen molar-refractivity contribution in [2.45, 2.75) is 45.4 Å². The Bertz CT molecular complexity index is 1440. The molecule has 0 atom stereocenters. The molecule has 1 fully saturated rings. The van der Waals surface area contributed by atoms with E-state index in [-0.39, 0.29) is 11.3 Å². The number of fused-ring (bicyclic) bond motifs is 3. The van der Waals surface area contributed by atoms with Crippen LogP contribution in [0, 0.1) is 6.92 Å². The Morgan fingerprint density at radius 2 is 1.77 bits per heavy atom. The normalized spacial score (nSPS) is 17.3. The van der Waals surface area contributed by atoms with E-state index in [1.165, 1.54) is 11.1 Å². The van der Waals surface area contributed by atoms with E-state index in [1.54, 1.807) is 6.92 Å². The molecule has 0 bridgehead atoms. The summed E-state index contributed by atoms with van der Waals surface area (Å²) in [4.78, 5) is 29.9. The van der Waals surface area contributed by atoms with Crippen LogP contribution in [0.5, 0.6) is 5.75 Å². The van der Waals surface area contributed by atoms with E-state index in [0.29, 0.717) is 24.4 Å². The van der Waals surface area contributed by atoms with Crippen LogP contribution in [0.25, 0.3) is 11.1 Å². The molecule has 1 saturated heterocycles. The first-order chi connectivity index (χ1) is 19.4. The quantitative estimate of drug-likeness (QED) is 0.419. The van der Waals surface area contributed by atoms with Crippen LogP contribution < -0.4 is 15.0 Å². The number of amides is 2. The maximum atomic E-state index is 13.8. The number of ether oxygens (including phenoxy) is 2. The Balaban J connectivity index is 1.21. The first-order valence-electron chi connectivity index (χ1n) is 14.4. The van der Waals surface area contributed by atoms with Gasteiger partial charge in [-0.2, -0.15) is 0 Å². The zero-order valence-corrected chi connectivity index (χ0v) is 23.6. The zero-order chi connectivity index (χ0) is 27.9. The van der Waals surface area contributed by atoms with Gasteiger partial charge in [0, 0.05) is 34.5 Å². The van der Waals surface area contributed by atoms with Crippen molar-refractivity contribution in [1.29, 1.82) is 0 Å². The summed E-state index contributed by atoms with van der Waals surface area (Å²) in [5.41, 5.74) is 8.05. The van der Waals surface area contributed by atoms with Crippen molar-refractivity contribution in [3.05, 3.63) is 76.9 Å². The summed E-state index contributed by atoms with van der Waals surface area (Å²) in [7, 11) is 0. The zero-order valence-electron chi connectivity index (χ0n) is 23.6. The van der Waals surface area contributed by atoms with Gasteiger partial charge >= 0.3 is 6.09 Å². The molecule has 7 nitrogen and oxygen atoms in total. The Kier molecular flexibility index (Phi) is 7.00. The molecule has 0 radical (unpaired) electrons. The number of aryl methyl sites for hydroxylation is 1. The lowest BCUT2D eigenvalue weighted by atomic mass is 9.74. The van der Waals surface area contributed by atoms with Gasteiger partial charge in [-0.15, -0.1) is 0 Å². The van der Waals surface area contributed by atoms with Gasteiger partial charge in [-0.3, -0.25) is 10.1 Å². The largest absolute Gasteiger partial charge is 0.492 e. The van der Waals surface area contributed by atoms with Crippen LogP contribution in [-0.2, 0) is 16.6 Å². The van der Waals surface area contributed by atoms with Gasteiger partial charge in [0.2, 0.25) is 0 Å². The molecular weight excluding hydrogens is 502 g/mol. The number of nitrogens with one attached hydrogen (secondary N) is 1. The van der Waals surface area contributed by atoms with E-state index >= 15 is 0 Å². The standard InChI is InChI=1S/C33H37N3O4/c1-4-35-16-13-33(14-17-35)21-40-30-19-24-12-15-36(29(24)20-28(30)33)31(37)25-8-11-27(22(3)18-25)23-6-9-26(10-7-23)34-32(38)39-5-2/h6-11,18-20H,4-5,12-17,21H2,1-3H3,(H,34,38). The number of likely N-dealkylation sites (tertiary alicyclic amines) is 1. The summed E-state index contributed by atoms with van der Waals surface area (Å²) in [6.45, 7) is 11.1. The van der Waals surface area contributed by atoms with Gasteiger partial charge in [0.25, 0.3) is 5.91 Å². The third-order valence-electron chi connectivity index (χ3n) is 8.85. The third-order valence-corrected chi connectivity index (χ3v) is 8.85. The number of piperidine rings is 1. The topological polar surface area (TPSA) is 71.1 Å². The molecule has 3 aliphatic rings. The highest BCUT2D eigenvalue weighted by atomic mass is 16.5. The molecule has 0 aliphatic carbocycles. The highest BCUT2D eigenvalue weighted by Crippen LogP contribution is 2.49. The number of nitrogens with zero attached hydrogens (tertiary/aromatic N) is 2. The molecule has 208 valence electrons. The second kappa shape index (κ2) is 10.6. The van der Waals surface area contributed by atoms with Crippen molar-refractivity contribution >= 4 is 23.4 Å². The van der Waals surface area contributed by atoms with E-state index < -0.39 is 6.09 Å². The number of carbonyl (C=O) groups excluding carboxylic acids is 2. The lowest BCUT2D eigenvalue weighted by Gasteiger charge is -2.38. The molecular formula is C33H37N3O4. The van der Waals surface area contributed by atoms with Crippen LogP contribution in [0.4, 0.5) is 16.2 Å². The second-order valence-electron chi connectivity index (χ2n) is 11.1. The molecule has 3 heterocycles. The molecule has 0 saturated carbocycles. The average Bonchev–Trinajstić information content (AvgIpc) is 3.54. The van der Waals surface area contributed by atoms with E-state index in [9.17, 15) is 9.59 Å². The maximum absolute atomic E-state index is 13.8. The molecule has 7 heteroatoms. The predicted molar refractivity (Wildman–Crippen MR) is 158 cm³/mol. The summed E-state index contributed by atoms with van der Waals surface area (Å²) in [6.07, 6.45) is 2.58. The first kappa shape index (κ1) is 26.4. The molecule has 0 unspecified atom stereocenters. The molecule has 40 heavy (non-hydrogen) atoms. The van der Waals surface area contributed by atoms with Gasteiger partial charge in [-0.05, 0) is 111 Å². The van der Waals surface area contributed by atoms with Crippen molar-refractivity contribution in [2.75, 3.05) is 49.6 Å². The Labute approximate surface area is 236 Å². The molecule has 2 amide bonds. The van der Waals surface area contributed by atoms with E-state index in [1.807, 2.05) is 54.3 Å². The van der Waals surface area contributed by atoms with E-state index in [0.717, 1.165) is 73.6 Å². The Hall–Kier alpha value is -3.84. The van der Waals surface area contributed by atoms with Gasteiger partial charge in [0.1, 0.15) is 5.75 Å². The number of rotatable bonds is 5. The first-order valence-corrected chi connectivity index (χ1v) is 14.4. The summed E-state index contributed by atoms with van der Waals surface area (Å²) in [5.74, 6) is 1.05. The molecule has 3 aromatic rings. The minimum Gasteiger partial charge on any atom is -0.492 e. The van der Waals surface area contributed by atoms with Crippen molar-refractivity contribution in [2.24, 2.45) is 0 Å². The van der Waals surface area contributed by atoms with Crippen LogP contribution in [0.3, 0.4) is 0 Å². The molecule has 3 aromatic carbocycles. The Morgan fingerprint density at radius 3 is 2.48 bits per heavy atom. The van der Waals surface area contributed by atoms with Crippen LogP contribution in [-0.4, -0.2) is 56.3 Å². The van der Waals surface area contributed by atoms with E-state index in [2.05, 4.69) is 29.3 Å². The second-order valence-corrected chi connectivity index (χ2v) is 11.1. The van der Waals surface area contributed by atoms with Crippen LogP contribution in [0.1, 0.15) is 53.7 Å². The molecule has 1 N–H and O–H groups in total. The minimum atomic E-state index is -0.465. The fraction of sp³-hybridized carbons (Fsp3) is 0.394. The molecule has 3 aliphatic heterocycles. The van der Waals surface area contributed by atoms with Crippen molar-refractivity contribution in [3.63, 3.8) is 0 Å². The van der Waals surface area contributed by atoms with Crippen LogP contribution in [0.15, 0.2) is 54.6 Å². The number of anilines is 2. The van der Waals surface area contributed by atoms with Crippen molar-refractivity contribution < 1.29 is 19.1 Å². The van der Waals surface area contributed by atoms with Gasteiger partial charge in [-0.1, -0.05) is 25.1 Å². The number of hydrogen-bond acceptors (Lipinski definition) is 5. The number of hydrogen-bond donors (Lipinski definition) is 1. The fourth-order valence-corrected chi connectivity index (χ4v) is 6.46.